The van der Waals surface area contributed by atoms with E-state index in [9.17, 15) is 10.1 Å². The van der Waals surface area contributed by atoms with Crippen LogP contribution in [0.4, 0.5) is 4.79 Å². The number of fused-ring (bicyclic) bond motifs is 1. The van der Waals surface area contributed by atoms with Crippen LogP contribution < -0.4 is 10.1 Å². The van der Waals surface area contributed by atoms with Gasteiger partial charge in [-0.1, -0.05) is 23.4 Å². The molecule has 0 fully saturated rings. The molecule has 8 nitrogen and oxygen atoms in total. The van der Waals surface area contributed by atoms with Crippen molar-refractivity contribution < 1.29 is 18.8 Å². The molecule has 4 rings (SSSR count). The van der Waals surface area contributed by atoms with Gasteiger partial charge in [0, 0.05) is 18.2 Å². The molecule has 8 heteroatoms. The molecule has 2 aromatic carbocycles. The number of alkyl carbamates (subject to hydrolysis) is 1. The van der Waals surface area contributed by atoms with Crippen molar-refractivity contribution >= 4 is 6.09 Å². The van der Waals surface area contributed by atoms with E-state index < -0.39 is 6.09 Å². The first kappa shape index (κ1) is 22.8. The third-order valence-corrected chi connectivity index (χ3v) is 4.91. The highest BCUT2D eigenvalue weighted by Crippen LogP contribution is 2.32. The van der Waals surface area contributed by atoms with Gasteiger partial charge in [-0.2, -0.15) is 10.2 Å². The maximum Gasteiger partial charge on any atom is 0.406 e. The van der Waals surface area contributed by atoms with Crippen molar-refractivity contribution in [3.8, 4) is 34.7 Å². The molecule has 166 valence electrons. The van der Waals surface area contributed by atoms with Crippen LogP contribution in [-0.4, -0.2) is 36.5 Å². The second-order valence-electron chi connectivity index (χ2n) is 7.45. The molecular formula is C24H26N4O4. The van der Waals surface area contributed by atoms with Crippen molar-refractivity contribution in [3.05, 3.63) is 53.1 Å². The summed E-state index contributed by atoms with van der Waals surface area (Å²) in [5.74, 6) is 1.56. The fourth-order valence-corrected chi connectivity index (χ4v) is 3.49. The number of benzene rings is 2. The summed E-state index contributed by atoms with van der Waals surface area (Å²) in [5, 5.41) is 15.8. The highest BCUT2D eigenvalue weighted by molar-refractivity contribution is 5.67. The molecule has 0 radical (unpaired) electrons. The van der Waals surface area contributed by atoms with Crippen molar-refractivity contribution in [1.29, 1.82) is 5.26 Å². The molecule has 0 saturated heterocycles. The summed E-state index contributed by atoms with van der Waals surface area (Å²) in [7, 11) is 2.82. The monoisotopic (exact) mass is 434 g/mol. The van der Waals surface area contributed by atoms with Gasteiger partial charge in [-0.25, -0.2) is 4.79 Å². The zero-order valence-corrected chi connectivity index (χ0v) is 18.6. The van der Waals surface area contributed by atoms with Gasteiger partial charge in [0.05, 0.1) is 18.8 Å². The summed E-state index contributed by atoms with van der Waals surface area (Å²) in [6, 6.07) is 13.8. The first-order chi connectivity index (χ1) is 15.5. The Kier molecular flexibility index (Phi) is 7.45. The van der Waals surface area contributed by atoms with Gasteiger partial charge in [0.25, 0.3) is 5.89 Å². The molecule has 0 saturated carbocycles. The average Bonchev–Trinajstić information content (AvgIpc) is 3.48. The maximum atomic E-state index is 9.85. The van der Waals surface area contributed by atoms with Crippen LogP contribution in [0.3, 0.4) is 0 Å². The number of aryl methyl sites for hydroxylation is 1. The average molecular weight is 434 g/mol. The standard InChI is InChI=1S/C21H19N3O2.C3H7NO2/c1-13(2)25-19-10-9-15(11-16(19)12-22)21-23-20(24-26-21)18-8-4-6-14-5-3-7-17(14)18;1-4-3(5)6-2/h4,6,8-11,13H,3,5,7H2,1-2H3;1-2H3,(H,4,5). The van der Waals surface area contributed by atoms with Crippen molar-refractivity contribution in [1.82, 2.24) is 15.5 Å². The molecule has 1 aliphatic rings. The third kappa shape index (κ3) is 5.24. The van der Waals surface area contributed by atoms with E-state index in [4.69, 9.17) is 9.26 Å². The van der Waals surface area contributed by atoms with E-state index in [1.807, 2.05) is 32.0 Å². The molecule has 0 atom stereocenters. The van der Waals surface area contributed by atoms with Crippen molar-refractivity contribution in [2.24, 2.45) is 0 Å². The number of aromatic nitrogens is 2. The summed E-state index contributed by atoms with van der Waals surface area (Å²) in [4.78, 5) is 14.4. The van der Waals surface area contributed by atoms with E-state index in [0.717, 1.165) is 18.4 Å². The number of nitrogens with zero attached hydrogens (tertiary/aromatic N) is 3. The number of hydrogen-bond donors (Lipinski definition) is 1. The second-order valence-corrected chi connectivity index (χ2v) is 7.45. The molecule has 1 heterocycles. The van der Waals surface area contributed by atoms with Gasteiger partial charge in [-0.05, 0) is 62.4 Å². The summed E-state index contributed by atoms with van der Waals surface area (Å²) < 4.78 is 15.3. The van der Waals surface area contributed by atoms with Crippen molar-refractivity contribution in [2.75, 3.05) is 14.2 Å². The van der Waals surface area contributed by atoms with E-state index in [1.165, 1.54) is 31.7 Å². The summed E-state index contributed by atoms with van der Waals surface area (Å²) in [6.07, 6.45) is 2.92. The molecule has 0 unspecified atom stereocenters. The minimum atomic E-state index is -0.407. The van der Waals surface area contributed by atoms with Gasteiger partial charge in [-0.15, -0.1) is 0 Å². The highest BCUT2D eigenvalue weighted by Gasteiger charge is 2.20. The summed E-state index contributed by atoms with van der Waals surface area (Å²) in [6.45, 7) is 3.86. The van der Waals surface area contributed by atoms with E-state index >= 15 is 0 Å². The first-order valence-corrected chi connectivity index (χ1v) is 10.4. The number of carbonyl (C=O) groups is 1. The predicted octanol–water partition coefficient (Wildman–Crippen LogP) is 4.52. The predicted molar refractivity (Wildman–Crippen MR) is 119 cm³/mol. The molecule has 32 heavy (non-hydrogen) atoms. The number of nitriles is 1. The maximum absolute atomic E-state index is 9.85. The molecule has 0 aliphatic heterocycles. The van der Waals surface area contributed by atoms with Crippen LogP contribution >= 0.6 is 0 Å². The van der Waals surface area contributed by atoms with Gasteiger partial charge >= 0.3 is 6.09 Å². The van der Waals surface area contributed by atoms with Crippen molar-refractivity contribution in [2.45, 2.75) is 39.2 Å². The quantitative estimate of drug-likeness (QED) is 0.642. The first-order valence-electron chi connectivity index (χ1n) is 10.4. The zero-order valence-electron chi connectivity index (χ0n) is 18.6. The second kappa shape index (κ2) is 10.4. The van der Waals surface area contributed by atoms with Crippen LogP contribution in [0.2, 0.25) is 0 Å². The Hall–Kier alpha value is -3.86. The van der Waals surface area contributed by atoms with Crippen LogP contribution in [0.25, 0.3) is 22.8 Å². The lowest BCUT2D eigenvalue weighted by Gasteiger charge is -2.11. The number of nitrogens with one attached hydrogen (secondary N) is 1. The minimum absolute atomic E-state index is 0.00290. The molecule has 0 spiro atoms. The Balaban J connectivity index is 0.000000427. The van der Waals surface area contributed by atoms with Gasteiger partial charge in [0.2, 0.25) is 5.82 Å². The molecular weight excluding hydrogens is 408 g/mol. The Bertz CT molecular complexity index is 1130. The fraction of sp³-hybridized carbons (Fsp3) is 0.333. The van der Waals surface area contributed by atoms with Gasteiger partial charge < -0.3 is 19.3 Å². The smallest absolute Gasteiger partial charge is 0.406 e. The van der Waals surface area contributed by atoms with Crippen LogP contribution in [-0.2, 0) is 17.6 Å². The molecule has 1 aromatic heterocycles. The van der Waals surface area contributed by atoms with E-state index in [2.05, 4.69) is 32.3 Å². The van der Waals surface area contributed by atoms with Gasteiger partial charge in [0.1, 0.15) is 11.8 Å². The number of amides is 1. The zero-order chi connectivity index (χ0) is 23.1. The van der Waals surface area contributed by atoms with Gasteiger partial charge in [0.15, 0.2) is 0 Å². The SMILES string of the molecule is CC(C)Oc1ccc(-c2nc(-c3cccc4c3CCC4)no2)cc1C#N.CNC(=O)OC. The van der Waals surface area contributed by atoms with E-state index in [-0.39, 0.29) is 6.10 Å². The topological polar surface area (TPSA) is 110 Å². The number of carbonyl (C=O) groups excluding carboxylic acids is 1. The largest absolute Gasteiger partial charge is 0.490 e. The van der Waals surface area contributed by atoms with Crippen LogP contribution in [0.15, 0.2) is 40.9 Å². The Labute approximate surface area is 187 Å². The summed E-state index contributed by atoms with van der Waals surface area (Å²) in [5.41, 5.74) is 4.89. The molecule has 0 bridgehead atoms. The number of hydrogen-bond acceptors (Lipinski definition) is 7. The molecule has 1 aliphatic carbocycles. The van der Waals surface area contributed by atoms with Crippen LogP contribution in [0.5, 0.6) is 5.75 Å². The summed E-state index contributed by atoms with van der Waals surface area (Å²) >= 11 is 0. The molecule has 1 amide bonds. The molecule has 3 aromatic rings. The minimum Gasteiger partial charge on any atom is -0.490 e. The molecule has 1 N–H and O–H groups in total. The lowest BCUT2D eigenvalue weighted by molar-refractivity contribution is 0.173. The van der Waals surface area contributed by atoms with Crippen molar-refractivity contribution in [3.63, 3.8) is 0 Å². The number of methoxy groups -OCH3 is 1. The Morgan fingerprint density at radius 3 is 2.72 bits per heavy atom. The number of ether oxygens (including phenoxy) is 2. The van der Waals surface area contributed by atoms with Crippen LogP contribution in [0.1, 0.15) is 37.0 Å². The number of rotatable bonds is 4. The van der Waals surface area contributed by atoms with E-state index in [0.29, 0.717) is 28.6 Å². The third-order valence-electron chi connectivity index (χ3n) is 4.91. The highest BCUT2D eigenvalue weighted by atomic mass is 16.5. The Morgan fingerprint density at radius 2 is 2.06 bits per heavy atom. The van der Waals surface area contributed by atoms with Crippen LogP contribution in [0, 0.1) is 11.3 Å². The normalized spacial score (nSPS) is 11.8. The van der Waals surface area contributed by atoms with E-state index in [1.54, 1.807) is 12.1 Å². The van der Waals surface area contributed by atoms with Gasteiger partial charge in [-0.3, -0.25) is 0 Å². The Morgan fingerprint density at radius 1 is 1.25 bits per heavy atom. The lowest BCUT2D eigenvalue weighted by Crippen LogP contribution is -2.16. The fourth-order valence-electron chi connectivity index (χ4n) is 3.49. The lowest BCUT2D eigenvalue weighted by atomic mass is 10.0.